The highest BCUT2D eigenvalue weighted by Crippen LogP contribution is 2.11. The topological polar surface area (TPSA) is 61.4 Å². The van der Waals surface area contributed by atoms with Crippen molar-refractivity contribution in [3.8, 4) is 5.75 Å². The zero-order valence-corrected chi connectivity index (χ0v) is 10.6. The van der Waals surface area contributed by atoms with E-state index in [-0.39, 0.29) is 17.7 Å². The fourth-order valence-corrected chi connectivity index (χ4v) is 2.30. The van der Waals surface area contributed by atoms with Crippen LogP contribution in [0.4, 0.5) is 0 Å². The van der Waals surface area contributed by atoms with Crippen LogP contribution >= 0.6 is 0 Å². The Morgan fingerprint density at radius 3 is 2.83 bits per heavy atom. The molecule has 1 aromatic rings. The van der Waals surface area contributed by atoms with Crippen molar-refractivity contribution < 1.29 is 9.90 Å². The highest BCUT2D eigenvalue weighted by atomic mass is 16.3. The van der Waals surface area contributed by atoms with E-state index in [4.69, 9.17) is 0 Å². The number of amides is 1. The van der Waals surface area contributed by atoms with Crippen LogP contribution in [0.3, 0.4) is 0 Å². The van der Waals surface area contributed by atoms with E-state index >= 15 is 0 Å². The van der Waals surface area contributed by atoms with Gasteiger partial charge < -0.3 is 15.7 Å². The molecule has 0 aliphatic carbocycles. The van der Waals surface area contributed by atoms with E-state index in [0.29, 0.717) is 12.5 Å². The number of rotatable bonds is 3. The van der Waals surface area contributed by atoms with Gasteiger partial charge in [-0.15, -0.1) is 0 Å². The molecule has 0 spiro atoms. The molecule has 0 saturated carbocycles. The van der Waals surface area contributed by atoms with E-state index in [1.807, 2.05) is 0 Å². The summed E-state index contributed by atoms with van der Waals surface area (Å²) in [6.45, 7) is 3.14. The predicted octanol–water partition coefficient (Wildman–Crippen LogP) is 1.19. The number of carbonyl (C=O) groups is 1. The van der Waals surface area contributed by atoms with Crippen molar-refractivity contribution in [2.45, 2.75) is 38.3 Å². The minimum Gasteiger partial charge on any atom is -0.508 e. The van der Waals surface area contributed by atoms with Crippen LogP contribution in [0.25, 0.3) is 0 Å². The zero-order chi connectivity index (χ0) is 13.0. The lowest BCUT2D eigenvalue weighted by Crippen LogP contribution is -2.52. The molecule has 4 heteroatoms. The Morgan fingerprint density at radius 2 is 2.17 bits per heavy atom. The van der Waals surface area contributed by atoms with Gasteiger partial charge in [-0.05, 0) is 44.0 Å². The van der Waals surface area contributed by atoms with Gasteiger partial charge in [0.15, 0.2) is 0 Å². The molecule has 1 aromatic carbocycles. The van der Waals surface area contributed by atoms with Crippen LogP contribution in [0.15, 0.2) is 24.3 Å². The molecule has 1 aliphatic rings. The van der Waals surface area contributed by atoms with Gasteiger partial charge in [0.1, 0.15) is 5.75 Å². The van der Waals surface area contributed by atoms with Crippen LogP contribution in [0.1, 0.15) is 25.3 Å². The molecule has 1 aliphatic heterocycles. The molecule has 0 bridgehead atoms. The molecule has 3 N–H and O–H groups in total. The van der Waals surface area contributed by atoms with Crippen LogP contribution in [0, 0.1) is 0 Å². The Morgan fingerprint density at radius 1 is 1.44 bits per heavy atom. The van der Waals surface area contributed by atoms with E-state index in [2.05, 4.69) is 17.6 Å². The second-order valence-electron chi connectivity index (χ2n) is 4.90. The van der Waals surface area contributed by atoms with Crippen molar-refractivity contribution >= 4 is 5.91 Å². The number of hydrogen-bond donors (Lipinski definition) is 3. The van der Waals surface area contributed by atoms with Crippen molar-refractivity contribution in [2.75, 3.05) is 6.54 Å². The summed E-state index contributed by atoms with van der Waals surface area (Å²) in [4.78, 5) is 11.9. The van der Waals surface area contributed by atoms with Gasteiger partial charge >= 0.3 is 0 Å². The molecule has 1 amide bonds. The highest BCUT2D eigenvalue weighted by Gasteiger charge is 2.22. The number of carbonyl (C=O) groups excluding carboxylic acids is 1. The smallest absolute Gasteiger partial charge is 0.224 e. The first-order valence-corrected chi connectivity index (χ1v) is 6.46. The maximum atomic E-state index is 11.9. The summed E-state index contributed by atoms with van der Waals surface area (Å²) in [6, 6.07) is 7.32. The second kappa shape index (κ2) is 5.87. The maximum Gasteiger partial charge on any atom is 0.224 e. The molecule has 98 valence electrons. The van der Waals surface area contributed by atoms with Gasteiger partial charge in [0, 0.05) is 12.1 Å². The third-order valence-electron chi connectivity index (χ3n) is 3.41. The number of phenolic OH excluding ortho intramolecular Hbond substituents is 1. The molecule has 2 rings (SSSR count). The maximum absolute atomic E-state index is 11.9. The van der Waals surface area contributed by atoms with E-state index in [9.17, 15) is 9.90 Å². The number of aromatic hydroxyl groups is 1. The van der Waals surface area contributed by atoms with Crippen molar-refractivity contribution in [1.82, 2.24) is 10.6 Å². The first-order chi connectivity index (χ1) is 8.65. The average molecular weight is 248 g/mol. The van der Waals surface area contributed by atoms with Crippen molar-refractivity contribution in [1.29, 1.82) is 0 Å². The number of benzene rings is 1. The lowest BCUT2D eigenvalue weighted by molar-refractivity contribution is -0.121. The lowest BCUT2D eigenvalue weighted by atomic mass is 9.99. The summed E-state index contributed by atoms with van der Waals surface area (Å²) in [5, 5.41) is 15.6. The Bertz CT molecular complexity index is 403. The van der Waals surface area contributed by atoms with Crippen LogP contribution in [-0.4, -0.2) is 29.6 Å². The van der Waals surface area contributed by atoms with Crippen LogP contribution in [-0.2, 0) is 11.2 Å². The van der Waals surface area contributed by atoms with Gasteiger partial charge in [-0.2, -0.15) is 0 Å². The summed E-state index contributed by atoms with van der Waals surface area (Å²) in [5.41, 5.74) is 0.918. The number of phenols is 1. The molecule has 1 saturated heterocycles. The molecule has 4 nitrogen and oxygen atoms in total. The lowest BCUT2D eigenvalue weighted by Gasteiger charge is -2.30. The Hall–Kier alpha value is -1.55. The molecule has 0 radical (unpaired) electrons. The van der Waals surface area contributed by atoms with Gasteiger partial charge in [0.05, 0.1) is 6.42 Å². The summed E-state index contributed by atoms with van der Waals surface area (Å²) < 4.78 is 0. The quantitative estimate of drug-likeness (QED) is 0.753. The van der Waals surface area contributed by atoms with Gasteiger partial charge in [-0.1, -0.05) is 12.1 Å². The molecule has 2 unspecified atom stereocenters. The van der Waals surface area contributed by atoms with Crippen LogP contribution in [0.2, 0.25) is 0 Å². The van der Waals surface area contributed by atoms with Gasteiger partial charge in [-0.3, -0.25) is 4.79 Å². The number of hydrogen-bond acceptors (Lipinski definition) is 3. The SMILES string of the molecule is CC1NCCCC1NC(=O)Cc1ccc(O)cc1. The normalized spacial score (nSPS) is 23.6. The minimum absolute atomic E-state index is 0.0428. The van der Waals surface area contributed by atoms with Crippen LogP contribution < -0.4 is 10.6 Å². The van der Waals surface area contributed by atoms with Gasteiger partial charge in [-0.25, -0.2) is 0 Å². The predicted molar refractivity (Wildman–Crippen MR) is 70.4 cm³/mol. The van der Waals surface area contributed by atoms with Crippen LogP contribution in [0.5, 0.6) is 5.75 Å². The fraction of sp³-hybridized carbons (Fsp3) is 0.500. The van der Waals surface area contributed by atoms with E-state index in [1.54, 1.807) is 24.3 Å². The van der Waals surface area contributed by atoms with Crippen molar-refractivity contribution in [2.24, 2.45) is 0 Å². The zero-order valence-electron chi connectivity index (χ0n) is 10.6. The Labute approximate surface area is 107 Å². The molecule has 1 heterocycles. The van der Waals surface area contributed by atoms with Gasteiger partial charge in [0.25, 0.3) is 0 Å². The highest BCUT2D eigenvalue weighted by molar-refractivity contribution is 5.79. The first kappa shape index (κ1) is 12.9. The van der Waals surface area contributed by atoms with Crippen molar-refractivity contribution in [3.63, 3.8) is 0 Å². The second-order valence-corrected chi connectivity index (χ2v) is 4.90. The summed E-state index contributed by atoms with van der Waals surface area (Å²) in [7, 11) is 0. The monoisotopic (exact) mass is 248 g/mol. The minimum atomic E-state index is 0.0428. The molecular formula is C14H20N2O2. The summed E-state index contributed by atoms with van der Waals surface area (Å²) in [6.07, 6.45) is 2.51. The standard InChI is InChI=1S/C14H20N2O2/c1-10-13(3-2-8-15-10)16-14(18)9-11-4-6-12(17)7-5-11/h4-7,10,13,15,17H,2-3,8-9H2,1H3,(H,16,18). The first-order valence-electron chi connectivity index (χ1n) is 6.46. The molecule has 2 atom stereocenters. The Balaban J connectivity index is 1.86. The van der Waals surface area contributed by atoms with Gasteiger partial charge in [0.2, 0.25) is 5.91 Å². The number of nitrogens with one attached hydrogen (secondary N) is 2. The fourth-order valence-electron chi connectivity index (χ4n) is 2.30. The third kappa shape index (κ3) is 3.47. The largest absolute Gasteiger partial charge is 0.508 e. The third-order valence-corrected chi connectivity index (χ3v) is 3.41. The number of piperidine rings is 1. The van der Waals surface area contributed by atoms with E-state index in [0.717, 1.165) is 24.9 Å². The average Bonchev–Trinajstić information content (AvgIpc) is 2.35. The molecule has 1 fully saturated rings. The molecule has 0 aromatic heterocycles. The Kier molecular flexibility index (Phi) is 4.20. The van der Waals surface area contributed by atoms with Crippen molar-refractivity contribution in [3.05, 3.63) is 29.8 Å². The summed E-state index contributed by atoms with van der Waals surface area (Å²) in [5.74, 6) is 0.269. The summed E-state index contributed by atoms with van der Waals surface area (Å²) >= 11 is 0. The van der Waals surface area contributed by atoms with E-state index < -0.39 is 0 Å². The molecule has 18 heavy (non-hydrogen) atoms. The molecular weight excluding hydrogens is 228 g/mol. The van der Waals surface area contributed by atoms with E-state index in [1.165, 1.54) is 0 Å².